The predicted molar refractivity (Wildman–Crippen MR) is 81.6 cm³/mol. The van der Waals surface area contributed by atoms with E-state index in [0.717, 1.165) is 4.88 Å². The van der Waals surface area contributed by atoms with Crippen molar-refractivity contribution in [2.45, 2.75) is 10.3 Å². The van der Waals surface area contributed by atoms with Gasteiger partial charge in [-0.1, -0.05) is 34.8 Å². The maximum absolute atomic E-state index is 12.0. The van der Waals surface area contributed by atoms with E-state index in [9.17, 15) is 9.59 Å². The molecule has 0 bridgehead atoms. The standard InChI is InChI=1S/C12H9Cl3N2O3S/c1-20-11(19)9-2-7(10(18)12(13,14)15)4-17(9)5-8-3-16-6-21-8/h2-4,6H,5H2,1H3. The number of esters is 1. The number of halogens is 3. The second kappa shape index (κ2) is 6.36. The molecule has 2 heterocycles. The summed E-state index contributed by atoms with van der Waals surface area (Å²) in [6.07, 6.45) is 3.12. The molecule has 0 saturated heterocycles. The van der Waals surface area contributed by atoms with Crippen molar-refractivity contribution in [1.82, 2.24) is 9.55 Å². The fourth-order valence-corrected chi connectivity index (χ4v) is 2.61. The molecule has 0 N–H and O–H groups in total. The van der Waals surface area contributed by atoms with E-state index >= 15 is 0 Å². The van der Waals surface area contributed by atoms with Gasteiger partial charge in [-0.25, -0.2) is 4.79 Å². The number of nitrogens with zero attached hydrogens (tertiary/aromatic N) is 2. The van der Waals surface area contributed by atoms with Gasteiger partial charge < -0.3 is 9.30 Å². The Bertz CT molecular complexity index is 662. The molecule has 0 atom stereocenters. The van der Waals surface area contributed by atoms with Crippen LogP contribution in [0, 0.1) is 0 Å². The van der Waals surface area contributed by atoms with Gasteiger partial charge in [0.15, 0.2) is 0 Å². The molecular formula is C12H9Cl3N2O3S. The summed E-state index contributed by atoms with van der Waals surface area (Å²) in [7, 11) is 1.25. The third-order valence-corrected chi connectivity index (χ3v) is 3.90. The van der Waals surface area contributed by atoms with E-state index in [-0.39, 0.29) is 11.3 Å². The van der Waals surface area contributed by atoms with Crippen LogP contribution >= 0.6 is 46.1 Å². The summed E-state index contributed by atoms with van der Waals surface area (Å²) in [5.41, 5.74) is 1.99. The van der Waals surface area contributed by atoms with Gasteiger partial charge in [0.25, 0.3) is 3.79 Å². The normalized spacial score (nSPS) is 11.4. The van der Waals surface area contributed by atoms with E-state index in [1.807, 2.05) is 0 Å². The monoisotopic (exact) mass is 366 g/mol. The Hall–Kier alpha value is -1.08. The molecule has 2 aromatic heterocycles. The fraction of sp³-hybridized carbons (Fsp3) is 0.250. The molecule has 0 fully saturated rings. The van der Waals surface area contributed by atoms with Gasteiger partial charge in [-0.2, -0.15) is 0 Å². The first-order chi connectivity index (χ1) is 9.82. The molecular weight excluding hydrogens is 359 g/mol. The van der Waals surface area contributed by atoms with Crippen LogP contribution in [0.2, 0.25) is 0 Å². The van der Waals surface area contributed by atoms with Crippen LogP contribution < -0.4 is 0 Å². The number of methoxy groups -OCH3 is 1. The molecule has 2 rings (SSSR count). The van der Waals surface area contributed by atoms with Crippen LogP contribution in [-0.4, -0.2) is 32.2 Å². The molecule has 0 aliphatic heterocycles. The summed E-state index contributed by atoms with van der Waals surface area (Å²) in [6, 6.07) is 1.34. The van der Waals surface area contributed by atoms with E-state index in [0.29, 0.717) is 6.54 Å². The van der Waals surface area contributed by atoms with Gasteiger partial charge in [0.1, 0.15) is 5.69 Å². The topological polar surface area (TPSA) is 61.2 Å². The van der Waals surface area contributed by atoms with Gasteiger partial charge >= 0.3 is 5.97 Å². The van der Waals surface area contributed by atoms with Gasteiger partial charge in [0.05, 0.1) is 19.2 Å². The van der Waals surface area contributed by atoms with Crippen molar-refractivity contribution in [2.75, 3.05) is 7.11 Å². The number of hydrogen-bond donors (Lipinski definition) is 0. The zero-order valence-electron chi connectivity index (χ0n) is 10.7. The largest absolute Gasteiger partial charge is 0.464 e. The summed E-state index contributed by atoms with van der Waals surface area (Å²) in [5, 5.41) is 0. The van der Waals surface area contributed by atoms with Crippen molar-refractivity contribution in [3.63, 3.8) is 0 Å². The van der Waals surface area contributed by atoms with E-state index in [2.05, 4.69) is 4.98 Å². The van der Waals surface area contributed by atoms with E-state index in [1.165, 1.54) is 30.7 Å². The summed E-state index contributed by atoms with van der Waals surface area (Å²) >= 11 is 18.2. The molecule has 0 aliphatic rings. The van der Waals surface area contributed by atoms with Crippen LogP contribution in [0.15, 0.2) is 24.0 Å². The second-order valence-electron chi connectivity index (χ2n) is 4.03. The highest BCUT2D eigenvalue weighted by molar-refractivity contribution is 7.09. The number of aromatic nitrogens is 2. The zero-order valence-corrected chi connectivity index (χ0v) is 13.8. The van der Waals surface area contributed by atoms with Crippen molar-refractivity contribution in [1.29, 1.82) is 0 Å². The first kappa shape index (κ1) is 16.3. The number of thiazole rings is 1. The highest BCUT2D eigenvalue weighted by Gasteiger charge is 2.33. The van der Waals surface area contributed by atoms with Crippen LogP contribution in [0.25, 0.3) is 0 Å². The molecule has 21 heavy (non-hydrogen) atoms. The Morgan fingerprint density at radius 1 is 1.43 bits per heavy atom. The van der Waals surface area contributed by atoms with Gasteiger partial charge in [-0.05, 0) is 6.07 Å². The molecule has 5 nitrogen and oxygen atoms in total. The summed E-state index contributed by atoms with van der Waals surface area (Å²) in [5.74, 6) is -1.29. The lowest BCUT2D eigenvalue weighted by Gasteiger charge is -2.07. The average molecular weight is 368 g/mol. The average Bonchev–Trinajstić information content (AvgIpc) is 3.06. The lowest BCUT2D eigenvalue weighted by Crippen LogP contribution is -2.18. The zero-order chi connectivity index (χ0) is 15.6. The highest BCUT2D eigenvalue weighted by Crippen LogP contribution is 2.31. The van der Waals surface area contributed by atoms with Gasteiger partial charge in [-0.3, -0.25) is 9.78 Å². The summed E-state index contributed by atoms with van der Waals surface area (Å²) in [6.45, 7) is 0.363. The SMILES string of the molecule is COC(=O)c1cc(C(=O)C(Cl)(Cl)Cl)cn1Cc1cncs1. The second-order valence-corrected chi connectivity index (χ2v) is 7.28. The minimum absolute atomic E-state index is 0.125. The third-order valence-electron chi connectivity index (χ3n) is 2.62. The van der Waals surface area contributed by atoms with E-state index in [1.54, 1.807) is 16.3 Å². The Balaban J connectivity index is 2.40. The molecule has 0 amide bonds. The van der Waals surface area contributed by atoms with Crippen LogP contribution in [0.4, 0.5) is 0 Å². The first-order valence-electron chi connectivity index (χ1n) is 5.60. The number of carbonyl (C=O) groups excluding carboxylic acids is 2. The Labute approximate surface area is 139 Å². The first-order valence-corrected chi connectivity index (χ1v) is 7.61. The Morgan fingerprint density at radius 2 is 2.14 bits per heavy atom. The van der Waals surface area contributed by atoms with Crippen molar-refractivity contribution in [3.05, 3.63) is 40.1 Å². The molecule has 0 aromatic carbocycles. The van der Waals surface area contributed by atoms with Gasteiger partial charge in [-0.15, -0.1) is 11.3 Å². The van der Waals surface area contributed by atoms with E-state index in [4.69, 9.17) is 39.5 Å². The molecule has 0 unspecified atom stereocenters. The maximum atomic E-state index is 12.0. The number of carbonyl (C=O) groups is 2. The number of hydrogen-bond acceptors (Lipinski definition) is 5. The van der Waals surface area contributed by atoms with Crippen molar-refractivity contribution in [2.24, 2.45) is 0 Å². The summed E-state index contributed by atoms with van der Waals surface area (Å²) < 4.78 is 4.17. The smallest absolute Gasteiger partial charge is 0.354 e. The molecule has 112 valence electrons. The molecule has 0 aliphatic carbocycles. The van der Waals surface area contributed by atoms with Crippen molar-refractivity contribution in [3.8, 4) is 0 Å². The third kappa shape index (κ3) is 3.77. The molecule has 2 aromatic rings. The van der Waals surface area contributed by atoms with Gasteiger partial charge in [0.2, 0.25) is 5.78 Å². The molecule has 0 spiro atoms. The van der Waals surface area contributed by atoms with Crippen LogP contribution in [0.5, 0.6) is 0 Å². The Kier molecular flexibility index (Phi) is 4.93. The Morgan fingerprint density at radius 3 is 2.67 bits per heavy atom. The van der Waals surface area contributed by atoms with E-state index < -0.39 is 15.5 Å². The van der Waals surface area contributed by atoms with Gasteiger partial charge in [0, 0.05) is 22.8 Å². The number of alkyl halides is 3. The highest BCUT2D eigenvalue weighted by atomic mass is 35.6. The van der Waals surface area contributed by atoms with Crippen molar-refractivity contribution < 1.29 is 14.3 Å². The number of ether oxygens (including phenoxy) is 1. The fourth-order valence-electron chi connectivity index (χ4n) is 1.69. The van der Waals surface area contributed by atoms with Crippen molar-refractivity contribution >= 4 is 57.9 Å². The molecule has 0 saturated carbocycles. The lowest BCUT2D eigenvalue weighted by atomic mass is 10.2. The molecule has 0 radical (unpaired) electrons. The molecule has 9 heteroatoms. The number of rotatable bonds is 4. The number of ketones is 1. The maximum Gasteiger partial charge on any atom is 0.354 e. The van der Waals surface area contributed by atoms with Crippen LogP contribution in [0.1, 0.15) is 25.7 Å². The minimum atomic E-state index is -2.08. The lowest BCUT2D eigenvalue weighted by molar-refractivity contribution is 0.0589. The van der Waals surface area contributed by atoms with Crippen LogP contribution in [-0.2, 0) is 11.3 Å². The van der Waals surface area contributed by atoms with Crippen LogP contribution in [0.3, 0.4) is 0 Å². The minimum Gasteiger partial charge on any atom is -0.464 e. The quantitative estimate of drug-likeness (QED) is 0.472. The summed E-state index contributed by atoms with van der Waals surface area (Å²) in [4.78, 5) is 28.6. The number of Topliss-reactive ketones (excluding diaryl/α,β-unsaturated/α-hetero) is 1. The predicted octanol–water partition coefficient (Wildman–Crippen LogP) is 3.33.